The number of hydrogen-bond donors (Lipinski definition) is 3. The van der Waals surface area contributed by atoms with E-state index in [1.807, 2.05) is 72.2 Å². The minimum Gasteiger partial charge on any atom is -0.550 e. The van der Waals surface area contributed by atoms with Crippen LogP contribution in [0.1, 0.15) is 51.0 Å². The van der Waals surface area contributed by atoms with Crippen LogP contribution >= 0.6 is 0 Å². The molecule has 0 fully saturated rings. The van der Waals surface area contributed by atoms with E-state index in [4.69, 9.17) is 0 Å². The first-order chi connectivity index (χ1) is 19.8. The molecule has 3 rings (SSSR count). The van der Waals surface area contributed by atoms with Crippen molar-refractivity contribution in [3.8, 4) is 0 Å². The molecule has 2 aromatic carbocycles. The summed E-state index contributed by atoms with van der Waals surface area (Å²) in [6.07, 6.45) is 13.0. The second-order valence-corrected chi connectivity index (χ2v) is 13.2. The van der Waals surface area contributed by atoms with Crippen LogP contribution in [0.15, 0.2) is 90.0 Å². The number of carboxylic acid groups (broad SMARTS) is 1. The SMILES string of the molecule is CC1(CCCS(=O)(=O)O)C(/C=C/C=C/C=C/Nc2ccccc2)=[N+](CCCCCC(=O)[O-])c2ccc(S(=O)(=O)O)cc21. The van der Waals surface area contributed by atoms with E-state index in [2.05, 4.69) is 5.32 Å². The van der Waals surface area contributed by atoms with Gasteiger partial charge in [0.1, 0.15) is 6.54 Å². The van der Waals surface area contributed by atoms with Gasteiger partial charge >= 0.3 is 0 Å². The summed E-state index contributed by atoms with van der Waals surface area (Å²) in [7, 11) is -8.72. The van der Waals surface area contributed by atoms with Crippen molar-refractivity contribution < 1.29 is 40.4 Å². The largest absolute Gasteiger partial charge is 0.550 e. The number of aliphatic carboxylic acids is 1. The van der Waals surface area contributed by atoms with Crippen molar-refractivity contribution in [2.45, 2.75) is 55.8 Å². The zero-order valence-electron chi connectivity index (χ0n) is 23.3. The Morgan fingerprint density at radius 1 is 0.952 bits per heavy atom. The van der Waals surface area contributed by atoms with Crippen LogP contribution in [0.2, 0.25) is 0 Å². The molecule has 42 heavy (non-hydrogen) atoms. The summed E-state index contributed by atoms with van der Waals surface area (Å²) in [4.78, 5) is 10.5. The van der Waals surface area contributed by atoms with Gasteiger partial charge in [-0.25, -0.2) is 0 Å². The molecule has 2 aromatic rings. The molecule has 0 amide bonds. The van der Waals surface area contributed by atoms with E-state index in [9.17, 15) is 35.8 Å². The van der Waals surface area contributed by atoms with Gasteiger partial charge in [-0.1, -0.05) is 36.4 Å². The second-order valence-electron chi connectivity index (χ2n) is 10.2. The number of anilines is 1. The summed E-state index contributed by atoms with van der Waals surface area (Å²) in [5.41, 5.74) is 2.15. The zero-order chi connectivity index (χ0) is 30.8. The number of benzene rings is 2. The molecule has 0 aliphatic carbocycles. The van der Waals surface area contributed by atoms with Crippen LogP contribution in [-0.2, 0) is 30.4 Å². The summed E-state index contributed by atoms with van der Waals surface area (Å²) in [5, 5.41) is 14.0. The van der Waals surface area contributed by atoms with Crippen LogP contribution in [0, 0.1) is 0 Å². The van der Waals surface area contributed by atoms with Crippen LogP contribution in [0.25, 0.3) is 0 Å². The van der Waals surface area contributed by atoms with E-state index >= 15 is 0 Å². The van der Waals surface area contributed by atoms with Crippen LogP contribution in [0.3, 0.4) is 0 Å². The topological polar surface area (TPSA) is 164 Å². The molecule has 0 radical (unpaired) electrons. The van der Waals surface area contributed by atoms with E-state index in [1.165, 1.54) is 12.1 Å². The molecule has 0 aromatic heterocycles. The lowest BCUT2D eigenvalue weighted by atomic mass is 9.76. The van der Waals surface area contributed by atoms with Gasteiger partial charge in [0.05, 0.1) is 16.1 Å². The van der Waals surface area contributed by atoms with Crippen LogP contribution in [0.4, 0.5) is 11.4 Å². The predicted octanol–water partition coefficient (Wildman–Crippen LogP) is 4.01. The van der Waals surface area contributed by atoms with Crippen molar-refractivity contribution in [2.24, 2.45) is 0 Å². The van der Waals surface area contributed by atoms with Gasteiger partial charge in [-0.15, -0.1) is 0 Å². The van der Waals surface area contributed by atoms with E-state index in [0.717, 1.165) is 11.4 Å². The Labute approximate surface area is 247 Å². The Kier molecular flexibility index (Phi) is 11.4. The number of carbonyl (C=O) groups excluding carboxylic acids is 1. The number of rotatable bonds is 16. The Morgan fingerprint density at radius 2 is 1.67 bits per heavy atom. The molecule has 0 saturated carbocycles. The van der Waals surface area contributed by atoms with Gasteiger partial charge in [-0.2, -0.15) is 21.4 Å². The molecule has 10 nitrogen and oxygen atoms in total. The predicted molar refractivity (Wildman–Crippen MR) is 160 cm³/mol. The van der Waals surface area contributed by atoms with Crippen LogP contribution in [-0.4, -0.2) is 54.5 Å². The molecule has 1 heterocycles. The molecule has 0 bridgehead atoms. The minimum atomic E-state index is -4.50. The fourth-order valence-electron chi connectivity index (χ4n) is 5.03. The van der Waals surface area contributed by atoms with Crippen molar-refractivity contribution in [3.63, 3.8) is 0 Å². The van der Waals surface area contributed by atoms with Gasteiger partial charge in [-0.05, 0) is 69.4 Å². The lowest BCUT2D eigenvalue weighted by Gasteiger charge is -2.22. The lowest BCUT2D eigenvalue weighted by molar-refractivity contribution is -0.438. The number of fused-ring (bicyclic) bond motifs is 1. The normalized spacial score (nSPS) is 17.5. The smallest absolute Gasteiger partial charge is 0.294 e. The van der Waals surface area contributed by atoms with Crippen LogP contribution in [0.5, 0.6) is 0 Å². The maximum atomic E-state index is 12.0. The fourth-order valence-corrected chi connectivity index (χ4v) is 6.05. The Morgan fingerprint density at radius 3 is 2.33 bits per heavy atom. The first-order valence-electron chi connectivity index (χ1n) is 13.5. The summed E-state index contributed by atoms with van der Waals surface area (Å²) in [5.74, 6) is -1.57. The quantitative estimate of drug-likeness (QED) is 0.109. The highest BCUT2D eigenvalue weighted by Gasteiger charge is 2.47. The first-order valence-corrected chi connectivity index (χ1v) is 16.6. The maximum absolute atomic E-state index is 12.0. The van der Waals surface area contributed by atoms with Crippen molar-refractivity contribution in [1.29, 1.82) is 0 Å². The van der Waals surface area contributed by atoms with Crippen molar-refractivity contribution in [1.82, 2.24) is 0 Å². The minimum absolute atomic E-state index is 0.0461. The molecule has 1 atom stereocenters. The monoisotopic (exact) mass is 616 g/mol. The molecule has 12 heteroatoms. The van der Waals surface area contributed by atoms with Gasteiger partial charge in [0.15, 0.2) is 5.71 Å². The maximum Gasteiger partial charge on any atom is 0.294 e. The van der Waals surface area contributed by atoms with E-state index in [1.54, 1.807) is 12.3 Å². The van der Waals surface area contributed by atoms with Crippen molar-refractivity contribution in [3.05, 3.63) is 90.7 Å². The molecule has 3 N–H and O–H groups in total. The molecule has 226 valence electrons. The van der Waals surface area contributed by atoms with Crippen LogP contribution < -0.4 is 10.4 Å². The summed E-state index contributed by atoms with van der Waals surface area (Å²) in [6.45, 7) is 2.36. The van der Waals surface area contributed by atoms with Gasteiger partial charge < -0.3 is 15.2 Å². The molecule has 0 saturated heterocycles. The highest BCUT2D eigenvalue weighted by molar-refractivity contribution is 7.86. The third kappa shape index (κ3) is 9.48. The number of unbranched alkanes of at least 4 members (excludes halogenated alkanes) is 2. The number of carboxylic acids is 1. The Bertz CT molecular complexity index is 1590. The number of para-hydroxylation sites is 1. The van der Waals surface area contributed by atoms with Gasteiger partial charge in [-0.3, -0.25) is 9.11 Å². The number of allylic oxidation sites excluding steroid dienone is 5. The second kappa shape index (κ2) is 14.5. The van der Waals surface area contributed by atoms with Crippen molar-refractivity contribution >= 4 is 43.3 Å². The van der Waals surface area contributed by atoms with Crippen molar-refractivity contribution in [2.75, 3.05) is 17.6 Å². The number of hydrogen-bond acceptors (Lipinski definition) is 7. The number of nitrogens with one attached hydrogen (secondary N) is 1. The fraction of sp³-hybridized carbons (Fsp3) is 0.333. The third-order valence-electron chi connectivity index (χ3n) is 7.06. The molecular formula is C30H36N2O8S2. The Balaban J connectivity index is 1.95. The molecule has 1 unspecified atom stereocenters. The summed E-state index contributed by atoms with van der Waals surface area (Å²) >= 11 is 0. The van der Waals surface area contributed by atoms with Gasteiger partial charge in [0.25, 0.3) is 20.2 Å². The summed E-state index contributed by atoms with van der Waals surface area (Å²) < 4.78 is 67.9. The highest BCUT2D eigenvalue weighted by atomic mass is 32.2. The average Bonchev–Trinajstić information content (AvgIpc) is 3.14. The van der Waals surface area contributed by atoms with E-state index in [0.29, 0.717) is 37.1 Å². The van der Waals surface area contributed by atoms with Gasteiger partial charge in [0.2, 0.25) is 5.69 Å². The van der Waals surface area contributed by atoms with Gasteiger partial charge in [0, 0.05) is 42.0 Å². The highest BCUT2D eigenvalue weighted by Crippen LogP contribution is 2.44. The average molecular weight is 617 g/mol. The molecular weight excluding hydrogens is 580 g/mol. The standard InChI is InChI=1S/C30H36N2O8S2/c1-30(19-12-22-41(35,36)37)26-23-25(42(38,39)40)17-18-27(26)32(21-11-5-9-16-29(33)34)28(30)15-8-2-3-10-20-31-24-13-6-4-7-14-24/h2-4,6-8,10,13-15,17-18,20,23H,5,9,11-12,16,19,21-22H2,1H3,(H3,33,34,35,36,37,38,39,40). The first kappa shape index (κ1) is 32.9. The Hall–Kier alpha value is -3.58. The summed E-state index contributed by atoms with van der Waals surface area (Å²) in [6, 6.07) is 14.0. The third-order valence-corrected chi connectivity index (χ3v) is 8.71. The zero-order valence-corrected chi connectivity index (χ0v) is 25.0. The number of nitrogens with zero attached hydrogens (tertiary/aromatic N) is 1. The van der Waals surface area contributed by atoms with E-state index in [-0.39, 0.29) is 24.2 Å². The molecule has 1 aliphatic rings. The lowest BCUT2D eigenvalue weighted by Crippen LogP contribution is -2.32. The molecule has 0 spiro atoms. The number of carbonyl (C=O) groups is 1. The van der Waals surface area contributed by atoms with E-state index < -0.39 is 37.4 Å². The molecule has 1 aliphatic heterocycles.